The van der Waals surface area contributed by atoms with Crippen LogP contribution in [-0.4, -0.2) is 13.7 Å². The monoisotopic (exact) mass is 287 g/mol. The zero-order valence-corrected chi connectivity index (χ0v) is 11.9. The number of fused-ring (bicyclic) bond motifs is 1. The molecule has 1 aliphatic heterocycles. The maximum atomic E-state index is 12.9. The Kier molecular flexibility index (Phi) is 4.06. The van der Waals surface area contributed by atoms with Gasteiger partial charge in [-0.1, -0.05) is 18.2 Å². The number of halogens is 1. The van der Waals surface area contributed by atoms with Gasteiger partial charge in [0.2, 0.25) is 0 Å². The lowest BCUT2D eigenvalue weighted by Gasteiger charge is -2.27. The summed E-state index contributed by atoms with van der Waals surface area (Å²) in [5.41, 5.74) is 2.21. The third-order valence-electron chi connectivity index (χ3n) is 3.73. The molecule has 0 bridgehead atoms. The molecule has 0 saturated carbocycles. The number of methoxy groups -OCH3 is 1. The van der Waals surface area contributed by atoms with Crippen LogP contribution in [-0.2, 0) is 6.54 Å². The summed E-state index contributed by atoms with van der Waals surface area (Å²) in [4.78, 5) is 0. The number of hydrogen-bond acceptors (Lipinski definition) is 3. The fourth-order valence-electron chi connectivity index (χ4n) is 2.55. The van der Waals surface area contributed by atoms with E-state index in [1.54, 1.807) is 19.2 Å². The average molecular weight is 287 g/mol. The molecular formula is C17H18FNO2. The summed E-state index contributed by atoms with van der Waals surface area (Å²) in [5, 5.41) is 3.51. The zero-order valence-electron chi connectivity index (χ0n) is 11.9. The minimum absolute atomic E-state index is 0.206. The topological polar surface area (TPSA) is 30.5 Å². The fraction of sp³-hybridized carbons (Fsp3) is 0.294. The van der Waals surface area contributed by atoms with Gasteiger partial charge >= 0.3 is 0 Å². The number of hydrogen-bond donors (Lipinski definition) is 1. The van der Waals surface area contributed by atoms with Crippen molar-refractivity contribution in [2.75, 3.05) is 13.7 Å². The molecule has 1 unspecified atom stereocenters. The van der Waals surface area contributed by atoms with E-state index in [0.717, 1.165) is 29.0 Å². The van der Waals surface area contributed by atoms with Gasteiger partial charge in [-0.05, 0) is 23.8 Å². The molecule has 1 aliphatic rings. The molecule has 0 radical (unpaired) electrons. The molecular weight excluding hydrogens is 269 g/mol. The van der Waals surface area contributed by atoms with Crippen molar-refractivity contribution < 1.29 is 13.9 Å². The minimum atomic E-state index is -0.206. The highest BCUT2D eigenvalue weighted by Gasteiger charge is 2.21. The fourth-order valence-corrected chi connectivity index (χ4v) is 2.55. The molecule has 2 aromatic rings. The van der Waals surface area contributed by atoms with Gasteiger partial charge in [0.25, 0.3) is 0 Å². The number of benzene rings is 2. The lowest BCUT2D eigenvalue weighted by atomic mass is 10.00. The first-order chi connectivity index (χ1) is 10.3. The Morgan fingerprint density at radius 1 is 1.24 bits per heavy atom. The minimum Gasteiger partial charge on any atom is -0.497 e. The zero-order chi connectivity index (χ0) is 14.7. The third kappa shape index (κ3) is 3.16. The average Bonchev–Trinajstić information content (AvgIpc) is 2.53. The second-order valence-electron chi connectivity index (χ2n) is 5.10. The molecule has 1 heterocycles. The van der Waals surface area contributed by atoms with E-state index < -0.39 is 0 Å². The SMILES string of the molecule is COc1ccc2c(c1)OCCC2NCc1ccc(F)cc1. The second kappa shape index (κ2) is 6.14. The van der Waals surface area contributed by atoms with Crippen molar-refractivity contribution in [1.29, 1.82) is 0 Å². The van der Waals surface area contributed by atoms with Gasteiger partial charge in [0.05, 0.1) is 13.7 Å². The summed E-state index contributed by atoms with van der Waals surface area (Å²) in [5.74, 6) is 1.47. The Morgan fingerprint density at radius 3 is 2.81 bits per heavy atom. The van der Waals surface area contributed by atoms with Crippen LogP contribution in [0.15, 0.2) is 42.5 Å². The van der Waals surface area contributed by atoms with Crippen molar-refractivity contribution in [2.24, 2.45) is 0 Å². The Bertz CT molecular complexity index is 613. The molecule has 0 fully saturated rings. The van der Waals surface area contributed by atoms with Crippen molar-refractivity contribution in [3.63, 3.8) is 0 Å². The van der Waals surface area contributed by atoms with Crippen LogP contribution < -0.4 is 14.8 Å². The molecule has 3 rings (SSSR count). The lowest BCUT2D eigenvalue weighted by molar-refractivity contribution is 0.250. The first kappa shape index (κ1) is 13.9. The van der Waals surface area contributed by atoms with Crippen LogP contribution in [0.4, 0.5) is 4.39 Å². The highest BCUT2D eigenvalue weighted by atomic mass is 19.1. The van der Waals surface area contributed by atoms with Gasteiger partial charge in [-0.15, -0.1) is 0 Å². The number of rotatable bonds is 4. The van der Waals surface area contributed by atoms with Crippen LogP contribution in [0.1, 0.15) is 23.6 Å². The maximum absolute atomic E-state index is 12.9. The molecule has 1 atom stereocenters. The predicted octanol–water partition coefficient (Wildman–Crippen LogP) is 3.45. The van der Waals surface area contributed by atoms with Crippen molar-refractivity contribution in [3.8, 4) is 11.5 Å². The maximum Gasteiger partial charge on any atom is 0.127 e. The van der Waals surface area contributed by atoms with Crippen molar-refractivity contribution >= 4 is 0 Å². The smallest absolute Gasteiger partial charge is 0.127 e. The Hall–Kier alpha value is -2.07. The van der Waals surface area contributed by atoms with Gasteiger partial charge in [0.1, 0.15) is 17.3 Å². The normalized spacial score (nSPS) is 17.0. The molecule has 0 aliphatic carbocycles. The third-order valence-corrected chi connectivity index (χ3v) is 3.73. The molecule has 1 N–H and O–H groups in total. The predicted molar refractivity (Wildman–Crippen MR) is 79.1 cm³/mol. The molecule has 3 nitrogen and oxygen atoms in total. The summed E-state index contributed by atoms with van der Waals surface area (Å²) in [6.07, 6.45) is 0.917. The molecule has 4 heteroatoms. The van der Waals surface area contributed by atoms with E-state index in [0.29, 0.717) is 13.2 Å². The highest BCUT2D eigenvalue weighted by molar-refractivity contribution is 5.43. The number of nitrogens with one attached hydrogen (secondary N) is 1. The van der Waals surface area contributed by atoms with Gasteiger partial charge in [-0.2, -0.15) is 0 Å². The highest BCUT2D eigenvalue weighted by Crippen LogP contribution is 2.34. The number of ether oxygens (including phenoxy) is 2. The van der Waals surface area contributed by atoms with Crippen LogP contribution in [0.5, 0.6) is 11.5 Å². The lowest BCUT2D eigenvalue weighted by Crippen LogP contribution is -2.26. The van der Waals surface area contributed by atoms with Gasteiger partial charge < -0.3 is 14.8 Å². The van der Waals surface area contributed by atoms with Crippen molar-refractivity contribution in [3.05, 3.63) is 59.4 Å². The van der Waals surface area contributed by atoms with E-state index in [2.05, 4.69) is 5.32 Å². The van der Waals surface area contributed by atoms with Gasteiger partial charge in [-0.25, -0.2) is 4.39 Å². The van der Waals surface area contributed by atoms with Crippen LogP contribution in [0.2, 0.25) is 0 Å². The first-order valence-corrected chi connectivity index (χ1v) is 7.05. The van der Waals surface area contributed by atoms with Crippen LogP contribution >= 0.6 is 0 Å². The largest absolute Gasteiger partial charge is 0.497 e. The Morgan fingerprint density at radius 2 is 2.05 bits per heavy atom. The second-order valence-corrected chi connectivity index (χ2v) is 5.10. The van der Waals surface area contributed by atoms with Crippen molar-refractivity contribution in [2.45, 2.75) is 19.0 Å². The quantitative estimate of drug-likeness (QED) is 0.934. The van der Waals surface area contributed by atoms with Crippen LogP contribution in [0.25, 0.3) is 0 Å². The van der Waals surface area contributed by atoms with Crippen LogP contribution in [0.3, 0.4) is 0 Å². The summed E-state index contributed by atoms with van der Waals surface area (Å²) in [6, 6.07) is 12.7. The van der Waals surface area contributed by atoms with Gasteiger partial charge in [0, 0.05) is 30.6 Å². The Labute approximate surface area is 123 Å². The summed E-state index contributed by atoms with van der Waals surface area (Å²) in [7, 11) is 1.65. The molecule has 0 aromatic heterocycles. The molecule has 0 amide bonds. The van der Waals surface area contributed by atoms with E-state index in [-0.39, 0.29) is 11.9 Å². The molecule has 2 aromatic carbocycles. The Balaban J connectivity index is 1.71. The van der Waals surface area contributed by atoms with Crippen LogP contribution in [0, 0.1) is 5.82 Å². The molecule has 21 heavy (non-hydrogen) atoms. The summed E-state index contributed by atoms with van der Waals surface area (Å²) < 4.78 is 23.8. The van der Waals surface area contributed by atoms with Gasteiger partial charge in [0.15, 0.2) is 0 Å². The van der Waals surface area contributed by atoms with Crippen molar-refractivity contribution in [1.82, 2.24) is 5.32 Å². The molecule has 0 spiro atoms. The van der Waals surface area contributed by atoms with E-state index in [1.165, 1.54) is 12.1 Å². The van der Waals surface area contributed by atoms with E-state index in [1.807, 2.05) is 18.2 Å². The van der Waals surface area contributed by atoms with E-state index in [9.17, 15) is 4.39 Å². The molecule has 0 saturated heterocycles. The summed E-state index contributed by atoms with van der Waals surface area (Å²) >= 11 is 0. The molecule has 110 valence electrons. The van der Waals surface area contributed by atoms with Gasteiger partial charge in [-0.3, -0.25) is 0 Å². The summed E-state index contributed by atoms with van der Waals surface area (Å²) in [6.45, 7) is 1.39. The first-order valence-electron chi connectivity index (χ1n) is 7.05. The van der Waals surface area contributed by atoms with E-state index in [4.69, 9.17) is 9.47 Å². The van der Waals surface area contributed by atoms with E-state index >= 15 is 0 Å². The standard InChI is InChI=1S/C17H18FNO2/c1-20-14-6-7-15-16(8-9-21-17(15)10-14)19-11-12-2-4-13(18)5-3-12/h2-7,10,16,19H,8-9,11H2,1H3.